The van der Waals surface area contributed by atoms with Gasteiger partial charge in [-0.05, 0) is 31.5 Å². The molecule has 0 aliphatic carbocycles. The van der Waals surface area contributed by atoms with Crippen LogP contribution in [0.5, 0.6) is 0 Å². The molecule has 9 heteroatoms. The van der Waals surface area contributed by atoms with Gasteiger partial charge in [0.05, 0.1) is 0 Å². The zero-order valence-corrected chi connectivity index (χ0v) is 13.5. The van der Waals surface area contributed by atoms with Crippen LogP contribution in [0.2, 0.25) is 0 Å². The molecule has 2 heterocycles. The number of carbonyl (C=O) groups excluding carboxylic acids is 3. The van der Waals surface area contributed by atoms with Crippen molar-refractivity contribution in [2.45, 2.75) is 19.4 Å². The molecular formula is C16H15FN4O4. The average molecular weight is 346 g/mol. The molecule has 0 bridgehead atoms. The number of hydrogen-bond donors (Lipinski definition) is 2. The molecule has 130 valence electrons. The van der Waals surface area contributed by atoms with Crippen molar-refractivity contribution in [1.29, 1.82) is 0 Å². The number of anilines is 1. The third-order valence-electron chi connectivity index (χ3n) is 3.89. The number of nitrogens with one attached hydrogen (secondary N) is 2. The molecule has 2 aromatic rings. The van der Waals surface area contributed by atoms with Crippen molar-refractivity contribution in [2.75, 3.05) is 11.9 Å². The maximum Gasteiger partial charge on any atom is 0.325 e. The Balaban J connectivity index is 1.74. The minimum Gasteiger partial charge on any atom is -0.360 e. The van der Waals surface area contributed by atoms with E-state index in [0.29, 0.717) is 11.3 Å². The van der Waals surface area contributed by atoms with E-state index in [0.717, 1.165) is 4.90 Å². The molecule has 0 saturated carbocycles. The van der Waals surface area contributed by atoms with Crippen LogP contribution in [0.15, 0.2) is 34.9 Å². The number of hydrogen-bond acceptors (Lipinski definition) is 5. The molecule has 1 aromatic carbocycles. The second-order valence-corrected chi connectivity index (χ2v) is 5.82. The van der Waals surface area contributed by atoms with Crippen LogP contribution in [0.1, 0.15) is 18.2 Å². The summed E-state index contributed by atoms with van der Waals surface area (Å²) in [5.74, 6) is -0.955. The van der Waals surface area contributed by atoms with E-state index in [4.69, 9.17) is 4.52 Å². The van der Waals surface area contributed by atoms with Gasteiger partial charge < -0.3 is 15.2 Å². The first-order valence-corrected chi connectivity index (χ1v) is 7.43. The molecule has 25 heavy (non-hydrogen) atoms. The van der Waals surface area contributed by atoms with Crippen molar-refractivity contribution in [1.82, 2.24) is 15.4 Å². The van der Waals surface area contributed by atoms with Crippen LogP contribution < -0.4 is 10.6 Å². The monoisotopic (exact) mass is 346 g/mol. The van der Waals surface area contributed by atoms with Crippen LogP contribution in [-0.4, -0.2) is 34.4 Å². The van der Waals surface area contributed by atoms with Gasteiger partial charge in [0.1, 0.15) is 23.7 Å². The highest BCUT2D eigenvalue weighted by molar-refractivity contribution is 6.10. The van der Waals surface area contributed by atoms with Gasteiger partial charge in [-0.25, -0.2) is 9.18 Å². The molecule has 2 N–H and O–H groups in total. The molecule has 1 aromatic heterocycles. The van der Waals surface area contributed by atoms with Crippen LogP contribution in [0.3, 0.4) is 0 Å². The molecule has 0 radical (unpaired) electrons. The largest absolute Gasteiger partial charge is 0.360 e. The standard InChI is InChI=1S/C16H15FN4O4/c1-9-7-12(20-25-9)18-13(22)8-21-14(23)16(2,19-15(21)24)10-3-5-11(17)6-4-10/h3-7H,8H2,1-2H3,(H,19,24)(H,18,20,22). The van der Waals surface area contributed by atoms with E-state index in [1.165, 1.54) is 37.3 Å². The summed E-state index contributed by atoms with van der Waals surface area (Å²) in [6.45, 7) is 2.68. The minimum absolute atomic E-state index is 0.191. The third-order valence-corrected chi connectivity index (χ3v) is 3.89. The second-order valence-electron chi connectivity index (χ2n) is 5.82. The van der Waals surface area contributed by atoms with Gasteiger partial charge >= 0.3 is 6.03 Å². The lowest BCUT2D eigenvalue weighted by atomic mass is 9.92. The summed E-state index contributed by atoms with van der Waals surface area (Å²) in [6, 6.07) is 6.02. The highest BCUT2D eigenvalue weighted by Gasteiger charge is 2.49. The molecule has 8 nitrogen and oxygen atoms in total. The van der Waals surface area contributed by atoms with Gasteiger partial charge in [-0.15, -0.1) is 0 Å². The second kappa shape index (κ2) is 6.00. The molecule has 1 aliphatic heterocycles. The number of carbonyl (C=O) groups is 3. The highest BCUT2D eigenvalue weighted by atomic mass is 19.1. The van der Waals surface area contributed by atoms with E-state index in [9.17, 15) is 18.8 Å². The van der Waals surface area contributed by atoms with Gasteiger partial charge in [-0.1, -0.05) is 17.3 Å². The van der Waals surface area contributed by atoms with Crippen molar-refractivity contribution >= 4 is 23.7 Å². The maximum absolute atomic E-state index is 13.1. The fraction of sp³-hybridized carbons (Fsp3) is 0.250. The number of benzene rings is 1. The lowest BCUT2D eigenvalue weighted by molar-refractivity contribution is -0.133. The zero-order chi connectivity index (χ0) is 18.2. The topological polar surface area (TPSA) is 105 Å². The Bertz CT molecular complexity index is 848. The molecule has 1 unspecified atom stereocenters. The fourth-order valence-corrected chi connectivity index (χ4v) is 2.57. The first-order valence-electron chi connectivity index (χ1n) is 7.43. The quantitative estimate of drug-likeness (QED) is 0.817. The SMILES string of the molecule is Cc1cc(NC(=O)CN2C(=O)NC(C)(c3ccc(F)cc3)C2=O)no1. The van der Waals surface area contributed by atoms with E-state index < -0.39 is 35.7 Å². The summed E-state index contributed by atoms with van der Waals surface area (Å²) in [5.41, 5.74) is -0.947. The number of aryl methyl sites for hydroxylation is 1. The van der Waals surface area contributed by atoms with E-state index in [-0.39, 0.29) is 5.82 Å². The van der Waals surface area contributed by atoms with Gasteiger partial charge in [-0.2, -0.15) is 0 Å². The van der Waals surface area contributed by atoms with Gasteiger partial charge in [0.2, 0.25) is 5.91 Å². The first-order chi connectivity index (χ1) is 11.8. The average Bonchev–Trinajstić information content (AvgIpc) is 3.05. The van der Waals surface area contributed by atoms with Crippen molar-refractivity contribution in [3.8, 4) is 0 Å². The Morgan fingerprint density at radius 3 is 2.64 bits per heavy atom. The summed E-state index contributed by atoms with van der Waals surface area (Å²) in [4.78, 5) is 37.6. The number of halogens is 1. The van der Waals surface area contributed by atoms with Crippen LogP contribution >= 0.6 is 0 Å². The Hall–Kier alpha value is -3.23. The Kier molecular flexibility index (Phi) is 3.99. The Morgan fingerprint density at radius 2 is 2.04 bits per heavy atom. The normalized spacial score (nSPS) is 19.9. The van der Waals surface area contributed by atoms with E-state index in [1.54, 1.807) is 6.92 Å². The summed E-state index contributed by atoms with van der Waals surface area (Å²) in [6.07, 6.45) is 0. The van der Waals surface area contributed by atoms with Crippen LogP contribution in [0, 0.1) is 12.7 Å². The van der Waals surface area contributed by atoms with Gasteiger partial charge in [0.25, 0.3) is 5.91 Å². The molecule has 0 spiro atoms. The Labute approximate surface area is 142 Å². The fourth-order valence-electron chi connectivity index (χ4n) is 2.57. The molecule has 1 aliphatic rings. The lowest BCUT2D eigenvalue weighted by Gasteiger charge is -2.22. The van der Waals surface area contributed by atoms with E-state index in [2.05, 4.69) is 15.8 Å². The smallest absolute Gasteiger partial charge is 0.325 e. The summed E-state index contributed by atoms with van der Waals surface area (Å²) in [5, 5.41) is 8.58. The minimum atomic E-state index is -1.37. The predicted molar refractivity (Wildman–Crippen MR) is 83.9 cm³/mol. The number of urea groups is 1. The predicted octanol–water partition coefficient (Wildman–Crippen LogP) is 1.53. The number of nitrogens with zero attached hydrogens (tertiary/aromatic N) is 2. The first kappa shape index (κ1) is 16.6. The Morgan fingerprint density at radius 1 is 1.36 bits per heavy atom. The maximum atomic E-state index is 13.1. The number of amides is 4. The molecule has 1 saturated heterocycles. The van der Waals surface area contributed by atoms with Gasteiger partial charge in [0, 0.05) is 6.07 Å². The van der Waals surface area contributed by atoms with Gasteiger partial charge in [0.15, 0.2) is 5.82 Å². The van der Waals surface area contributed by atoms with Gasteiger partial charge in [-0.3, -0.25) is 14.5 Å². The lowest BCUT2D eigenvalue weighted by Crippen LogP contribution is -2.42. The number of aromatic nitrogens is 1. The zero-order valence-electron chi connectivity index (χ0n) is 13.5. The van der Waals surface area contributed by atoms with Crippen molar-refractivity contribution < 1.29 is 23.3 Å². The molecule has 4 amide bonds. The summed E-state index contributed by atoms with van der Waals surface area (Å²) in [7, 11) is 0. The van der Waals surface area contributed by atoms with Crippen LogP contribution in [0.4, 0.5) is 15.0 Å². The van der Waals surface area contributed by atoms with Crippen molar-refractivity contribution in [2.24, 2.45) is 0 Å². The molecular weight excluding hydrogens is 331 g/mol. The molecule has 1 fully saturated rings. The third kappa shape index (κ3) is 3.08. The number of imide groups is 1. The summed E-state index contributed by atoms with van der Waals surface area (Å²) >= 11 is 0. The molecule has 3 rings (SSSR count). The van der Waals surface area contributed by atoms with E-state index >= 15 is 0 Å². The molecule has 1 atom stereocenters. The number of rotatable bonds is 4. The summed E-state index contributed by atoms with van der Waals surface area (Å²) < 4.78 is 17.9. The van der Waals surface area contributed by atoms with Crippen LogP contribution in [-0.2, 0) is 15.1 Å². The van der Waals surface area contributed by atoms with Crippen LogP contribution in [0.25, 0.3) is 0 Å². The van der Waals surface area contributed by atoms with Crippen molar-refractivity contribution in [3.63, 3.8) is 0 Å². The van der Waals surface area contributed by atoms with E-state index in [1.807, 2.05) is 0 Å². The van der Waals surface area contributed by atoms with Crippen molar-refractivity contribution in [3.05, 3.63) is 47.5 Å². The highest BCUT2D eigenvalue weighted by Crippen LogP contribution is 2.28.